The van der Waals surface area contributed by atoms with Gasteiger partial charge in [0.05, 0.1) is 20.3 Å². The Labute approximate surface area is 350 Å². The standard InChI is InChI=1S/C42H41Cl2N3O9.CH2O2/c1-52-36-13-10-28(18-37(36)53-2)31(20-33-34(43)21-47(51)22-35(33)44)32-19-30(55-40(32)41(48)49)24-54-29-11-8-27(9-12-29)39(26-6-4-3-5-7-26)45-42(50)56-38-23-46-16-14-25(38)15-17-46;2-1-3/h3-13,18-19,21-22,25,31,38-39H,14-17,20,23-24H2,1-2H3,(H,45,50)(H,48,49);1H,(H,2,3)/t31-,38-,39?;/m0./s1. The van der Waals surface area contributed by atoms with Crippen LogP contribution in [0.3, 0.4) is 0 Å². The molecule has 16 heteroatoms. The number of pyridine rings is 1. The maximum absolute atomic E-state index is 13.2. The van der Waals surface area contributed by atoms with Crippen molar-refractivity contribution in [1.82, 2.24) is 10.2 Å². The maximum Gasteiger partial charge on any atom is 0.408 e. The first-order valence-electron chi connectivity index (χ1n) is 18.7. The number of benzene rings is 3. The predicted octanol–water partition coefficient (Wildman–Crippen LogP) is 7.50. The van der Waals surface area contributed by atoms with Crippen LogP contribution in [0.5, 0.6) is 17.2 Å². The van der Waals surface area contributed by atoms with Crippen LogP contribution in [0.25, 0.3) is 0 Å². The molecule has 3 fully saturated rings. The van der Waals surface area contributed by atoms with Crippen molar-refractivity contribution < 1.29 is 52.7 Å². The van der Waals surface area contributed by atoms with Gasteiger partial charge in [-0.25, -0.2) is 9.59 Å². The molecule has 0 radical (unpaired) electrons. The maximum atomic E-state index is 13.2. The molecule has 3 atom stereocenters. The number of piperidine rings is 3. The Morgan fingerprint density at radius 3 is 2.17 bits per heavy atom. The molecule has 3 aromatic carbocycles. The molecule has 1 unspecified atom stereocenters. The number of nitrogens with one attached hydrogen (secondary N) is 1. The summed E-state index contributed by atoms with van der Waals surface area (Å²) in [4.78, 5) is 36.6. The van der Waals surface area contributed by atoms with E-state index in [1.54, 1.807) is 36.4 Å². The molecule has 3 saturated heterocycles. The Bertz CT molecular complexity index is 2210. The number of ether oxygens (including phenoxy) is 4. The van der Waals surface area contributed by atoms with Gasteiger partial charge in [-0.2, -0.15) is 4.73 Å². The second-order valence-electron chi connectivity index (χ2n) is 14.0. The Morgan fingerprint density at radius 1 is 0.949 bits per heavy atom. The third-order valence-electron chi connectivity index (χ3n) is 10.5. The molecule has 3 aliphatic heterocycles. The van der Waals surface area contributed by atoms with Crippen LogP contribution in [0, 0.1) is 11.1 Å². The van der Waals surface area contributed by atoms with Gasteiger partial charge in [0, 0.05) is 23.6 Å². The molecule has 1 amide bonds. The monoisotopic (exact) mass is 847 g/mol. The van der Waals surface area contributed by atoms with Crippen molar-refractivity contribution in [2.24, 2.45) is 5.92 Å². The van der Waals surface area contributed by atoms with Gasteiger partial charge in [0.2, 0.25) is 5.76 Å². The number of aromatic carboxylic acids is 1. The number of carbonyl (C=O) groups is 3. The summed E-state index contributed by atoms with van der Waals surface area (Å²) in [6.07, 6.45) is 4.00. The third kappa shape index (κ3) is 10.4. The lowest BCUT2D eigenvalue weighted by Gasteiger charge is -2.43. The average molecular weight is 849 g/mol. The van der Waals surface area contributed by atoms with Crippen molar-refractivity contribution in [2.75, 3.05) is 33.9 Å². The molecule has 3 aliphatic rings. The normalized spacial score (nSPS) is 17.7. The van der Waals surface area contributed by atoms with E-state index in [1.165, 1.54) is 26.6 Å². The first kappa shape index (κ1) is 42.6. The summed E-state index contributed by atoms with van der Waals surface area (Å²) in [5.74, 6) is -0.170. The smallest absolute Gasteiger partial charge is 0.408 e. The second-order valence-corrected chi connectivity index (χ2v) is 14.8. The second kappa shape index (κ2) is 19.7. The fourth-order valence-corrected chi connectivity index (χ4v) is 8.21. The number of hydrogen-bond donors (Lipinski definition) is 3. The summed E-state index contributed by atoms with van der Waals surface area (Å²) in [7, 11) is 3.02. The molecule has 3 N–H and O–H groups in total. The van der Waals surface area contributed by atoms with Gasteiger partial charge < -0.3 is 44.1 Å². The van der Waals surface area contributed by atoms with Crippen molar-refractivity contribution in [1.29, 1.82) is 0 Å². The van der Waals surface area contributed by atoms with Gasteiger partial charge in [0.25, 0.3) is 6.47 Å². The highest BCUT2D eigenvalue weighted by atomic mass is 35.5. The predicted molar refractivity (Wildman–Crippen MR) is 217 cm³/mol. The molecule has 0 aliphatic carbocycles. The van der Waals surface area contributed by atoms with Crippen molar-refractivity contribution in [3.8, 4) is 17.2 Å². The zero-order valence-electron chi connectivity index (χ0n) is 32.2. The van der Waals surface area contributed by atoms with Gasteiger partial charge in [0.15, 0.2) is 23.9 Å². The summed E-state index contributed by atoms with van der Waals surface area (Å²) >= 11 is 13.0. The van der Waals surface area contributed by atoms with E-state index in [9.17, 15) is 19.9 Å². The molecule has 2 aromatic heterocycles. The van der Waals surface area contributed by atoms with Crippen molar-refractivity contribution in [2.45, 2.75) is 43.9 Å². The summed E-state index contributed by atoms with van der Waals surface area (Å²) in [6.45, 7) is 2.53. The molecule has 0 spiro atoms. The fourth-order valence-electron chi connectivity index (χ4n) is 7.61. The molecule has 59 heavy (non-hydrogen) atoms. The molecular formula is C43H43Cl2N3O11. The summed E-state index contributed by atoms with van der Waals surface area (Å²) in [5.41, 5.74) is 3.17. The van der Waals surface area contributed by atoms with Gasteiger partial charge in [-0.1, -0.05) is 71.7 Å². The highest BCUT2D eigenvalue weighted by molar-refractivity contribution is 6.35. The molecule has 8 rings (SSSR count). The third-order valence-corrected chi connectivity index (χ3v) is 11.2. The number of carboxylic acid groups (broad SMARTS) is 2. The number of halogens is 2. The number of rotatable bonds is 14. The Morgan fingerprint density at radius 2 is 1.58 bits per heavy atom. The molecule has 14 nitrogen and oxygen atoms in total. The number of carbonyl (C=O) groups excluding carboxylic acids is 1. The van der Waals surface area contributed by atoms with Crippen LogP contribution in [0.1, 0.15) is 68.9 Å². The number of carboxylic acids is 1. The van der Waals surface area contributed by atoms with Crippen LogP contribution in [0.4, 0.5) is 4.79 Å². The quantitative estimate of drug-likeness (QED) is 0.0569. The Kier molecular flexibility index (Phi) is 14.2. The number of nitrogens with zero attached hydrogens (tertiary/aromatic N) is 2. The fraction of sp³-hybridized carbons (Fsp3) is 0.302. The van der Waals surface area contributed by atoms with Gasteiger partial charge in [0.1, 0.15) is 34.3 Å². The zero-order chi connectivity index (χ0) is 42.1. The van der Waals surface area contributed by atoms with E-state index in [0.29, 0.717) is 44.6 Å². The van der Waals surface area contributed by atoms with Gasteiger partial charge in [-0.3, -0.25) is 9.69 Å². The Hall–Kier alpha value is -5.96. The lowest BCUT2D eigenvalue weighted by atomic mass is 9.85. The Balaban J connectivity index is 0.00000189. The van der Waals surface area contributed by atoms with Crippen LogP contribution >= 0.6 is 23.2 Å². The molecule has 310 valence electrons. The van der Waals surface area contributed by atoms with Crippen LogP contribution in [-0.4, -0.2) is 73.6 Å². The van der Waals surface area contributed by atoms with Crippen molar-refractivity contribution in [3.05, 3.63) is 146 Å². The number of fused-ring (bicyclic) bond motifs is 3. The first-order chi connectivity index (χ1) is 28.5. The number of amides is 1. The van der Waals surface area contributed by atoms with E-state index in [4.69, 9.17) is 56.5 Å². The zero-order valence-corrected chi connectivity index (χ0v) is 33.7. The largest absolute Gasteiger partial charge is 0.619 e. The highest BCUT2D eigenvalue weighted by Crippen LogP contribution is 2.40. The molecule has 0 saturated carbocycles. The van der Waals surface area contributed by atoms with Crippen LogP contribution < -0.4 is 24.3 Å². The molecular weight excluding hydrogens is 805 g/mol. The highest BCUT2D eigenvalue weighted by Gasteiger charge is 2.37. The number of furan rings is 1. The van der Waals surface area contributed by atoms with E-state index in [1.807, 2.05) is 42.5 Å². The minimum atomic E-state index is -1.28. The lowest BCUT2D eigenvalue weighted by molar-refractivity contribution is -0.605. The van der Waals surface area contributed by atoms with Gasteiger partial charge in [-0.05, 0) is 85.3 Å². The molecule has 2 bridgehead atoms. The summed E-state index contributed by atoms with van der Waals surface area (Å²) in [5, 5.41) is 32.5. The molecule has 5 heterocycles. The van der Waals surface area contributed by atoms with Crippen molar-refractivity contribution in [3.63, 3.8) is 0 Å². The number of hydrogen-bond acceptors (Lipinski definition) is 10. The first-order valence-corrected chi connectivity index (χ1v) is 19.5. The minimum Gasteiger partial charge on any atom is -0.619 e. The lowest BCUT2D eigenvalue weighted by Crippen LogP contribution is -2.52. The average Bonchev–Trinajstić information content (AvgIpc) is 3.67. The minimum absolute atomic E-state index is 0.0897. The summed E-state index contributed by atoms with van der Waals surface area (Å²) in [6, 6.07) is 23.4. The molecule has 5 aromatic rings. The topological polar surface area (TPSA) is 184 Å². The van der Waals surface area contributed by atoms with E-state index in [2.05, 4.69) is 10.2 Å². The number of alkyl carbamates (subject to hydrolysis) is 1. The van der Waals surface area contributed by atoms with E-state index in [0.717, 1.165) is 43.6 Å². The summed E-state index contributed by atoms with van der Waals surface area (Å²) < 4.78 is 29.4. The van der Waals surface area contributed by atoms with Crippen LogP contribution in [-0.2, 0) is 22.6 Å². The van der Waals surface area contributed by atoms with Crippen LogP contribution in [0.2, 0.25) is 10.0 Å². The van der Waals surface area contributed by atoms with E-state index >= 15 is 0 Å². The van der Waals surface area contributed by atoms with Crippen LogP contribution in [0.15, 0.2) is 95.7 Å². The van der Waals surface area contributed by atoms with Gasteiger partial charge >= 0.3 is 12.1 Å². The number of methoxy groups -OCH3 is 2. The van der Waals surface area contributed by atoms with E-state index < -0.39 is 24.0 Å². The van der Waals surface area contributed by atoms with Gasteiger partial charge in [-0.15, -0.1) is 0 Å². The van der Waals surface area contributed by atoms with E-state index in [-0.39, 0.29) is 47.2 Å². The SMILES string of the molecule is COc1ccc([C@H](Cc2c(Cl)c[n+]([O-])cc2Cl)c2cc(COc3ccc(C(NC(=O)O[C@H]4CN5CCC4CC5)c4ccccc4)cc3)oc2C(=O)O)cc1OC.O=CO. The number of aromatic nitrogens is 1. The van der Waals surface area contributed by atoms with Crippen molar-refractivity contribution >= 4 is 41.7 Å².